The molecule has 3 aromatic carbocycles. The summed E-state index contributed by atoms with van der Waals surface area (Å²) in [6, 6.07) is 19.0. The van der Waals surface area contributed by atoms with Crippen LogP contribution in [-0.2, 0) is 23.1 Å². The molecule has 1 fully saturated rings. The maximum atomic E-state index is 15.9. The molecule has 3 N–H and O–H groups in total. The third kappa shape index (κ3) is 7.19. The molecule has 53 heavy (non-hydrogen) atoms. The summed E-state index contributed by atoms with van der Waals surface area (Å²) in [7, 11) is 1.77. The lowest BCUT2D eigenvalue weighted by Crippen LogP contribution is -2.47. The second kappa shape index (κ2) is 14.6. The fourth-order valence-electron chi connectivity index (χ4n) is 6.66. The van der Waals surface area contributed by atoms with Gasteiger partial charge in [-0.15, -0.1) is 0 Å². The van der Waals surface area contributed by atoms with Crippen molar-refractivity contribution >= 4 is 45.7 Å². The van der Waals surface area contributed by atoms with Gasteiger partial charge in [0.2, 0.25) is 11.8 Å². The Morgan fingerprint density at radius 2 is 1.92 bits per heavy atom. The lowest BCUT2D eigenvalue weighted by molar-refractivity contribution is -0.133. The Labute approximate surface area is 305 Å². The SMILES string of the molecule is CCc1cc(N2CCOc3cc(-c4ccc(C(=O)NCC#Cc5cccc(NC6CCC(=O)NC6=O)c5)nc4)c(F)cc32)c2cc(C)c(=O)n(C)c2c1. The van der Waals surface area contributed by atoms with E-state index in [-0.39, 0.29) is 41.6 Å². The van der Waals surface area contributed by atoms with Crippen molar-refractivity contribution in [2.45, 2.75) is 39.2 Å². The van der Waals surface area contributed by atoms with Crippen LogP contribution in [0.15, 0.2) is 77.7 Å². The Morgan fingerprint density at radius 3 is 2.70 bits per heavy atom. The Kier molecular flexibility index (Phi) is 9.65. The Bertz CT molecular complexity index is 2410. The van der Waals surface area contributed by atoms with Crippen LogP contribution in [0.2, 0.25) is 0 Å². The average Bonchev–Trinajstić information content (AvgIpc) is 3.16. The van der Waals surface area contributed by atoms with E-state index in [0.29, 0.717) is 53.4 Å². The van der Waals surface area contributed by atoms with E-state index in [0.717, 1.165) is 28.6 Å². The van der Waals surface area contributed by atoms with Crippen molar-refractivity contribution in [2.75, 3.05) is 29.9 Å². The number of nitrogens with zero attached hydrogens (tertiary/aromatic N) is 3. The number of benzene rings is 3. The van der Waals surface area contributed by atoms with Crippen LogP contribution in [0.25, 0.3) is 22.0 Å². The third-order valence-electron chi connectivity index (χ3n) is 9.49. The van der Waals surface area contributed by atoms with Gasteiger partial charge in [0.25, 0.3) is 11.5 Å². The van der Waals surface area contributed by atoms with Crippen molar-refractivity contribution in [3.05, 3.63) is 111 Å². The van der Waals surface area contributed by atoms with Crippen LogP contribution in [0.3, 0.4) is 0 Å². The van der Waals surface area contributed by atoms with Gasteiger partial charge in [0.1, 0.15) is 29.9 Å². The highest BCUT2D eigenvalue weighted by Crippen LogP contribution is 2.43. The summed E-state index contributed by atoms with van der Waals surface area (Å²) in [6.07, 6.45) is 2.91. The van der Waals surface area contributed by atoms with Gasteiger partial charge in [-0.3, -0.25) is 29.5 Å². The molecule has 268 valence electrons. The summed E-state index contributed by atoms with van der Waals surface area (Å²) in [5.74, 6) is 4.89. The fraction of sp³-hybridized carbons (Fsp3) is 0.244. The van der Waals surface area contributed by atoms with Crippen LogP contribution in [0.5, 0.6) is 5.75 Å². The van der Waals surface area contributed by atoms with E-state index in [1.165, 1.54) is 18.3 Å². The minimum Gasteiger partial charge on any atom is -0.490 e. The standard InChI is InChI=1S/C41H37FN6O5/c1-4-25-19-34-30(17-24(2)41(52)47(34)3)35(20-25)48-15-16-53-37-21-29(31(42)22-36(37)48)27-10-11-32(44-23-27)39(50)43-14-6-8-26-7-5-9-28(18-26)45-33-12-13-38(49)46-40(33)51/h5,7,9-11,17-23,33,45H,4,12-16H2,1-3H3,(H,43,50)(H,46,49,51). The molecule has 0 bridgehead atoms. The Balaban J connectivity index is 1.04. The molecule has 0 saturated carbocycles. The van der Waals surface area contributed by atoms with E-state index in [1.807, 2.05) is 29.2 Å². The number of carbonyl (C=O) groups excluding carboxylic acids is 3. The molecule has 0 aliphatic carbocycles. The first kappa shape index (κ1) is 34.9. The number of fused-ring (bicyclic) bond motifs is 2. The van der Waals surface area contributed by atoms with Crippen molar-refractivity contribution < 1.29 is 23.5 Å². The fourth-order valence-corrected chi connectivity index (χ4v) is 6.66. The van der Waals surface area contributed by atoms with Gasteiger partial charge in [-0.25, -0.2) is 4.39 Å². The Hall–Kier alpha value is -6.48. The molecule has 1 atom stereocenters. The second-order valence-electron chi connectivity index (χ2n) is 13.0. The van der Waals surface area contributed by atoms with Gasteiger partial charge < -0.3 is 24.8 Å². The van der Waals surface area contributed by atoms with Crippen LogP contribution in [0, 0.1) is 24.6 Å². The van der Waals surface area contributed by atoms with Gasteiger partial charge in [-0.05, 0) is 73.9 Å². The number of hydrogen-bond donors (Lipinski definition) is 3. The highest BCUT2D eigenvalue weighted by molar-refractivity contribution is 6.01. The summed E-state index contributed by atoms with van der Waals surface area (Å²) < 4.78 is 23.6. The molecule has 12 heteroatoms. The van der Waals surface area contributed by atoms with Gasteiger partial charge >= 0.3 is 0 Å². The van der Waals surface area contributed by atoms with E-state index in [9.17, 15) is 19.2 Å². The van der Waals surface area contributed by atoms with E-state index in [4.69, 9.17) is 4.74 Å². The zero-order valence-corrected chi connectivity index (χ0v) is 29.5. The summed E-state index contributed by atoms with van der Waals surface area (Å²) in [4.78, 5) is 55.4. The van der Waals surface area contributed by atoms with E-state index >= 15 is 4.39 Å². The molecule has 2 aromatic heterocycles. The highest BCUT2D eigenvalue weighted by Gasteiger charge is 2.27. The maximum Gasteiger partial charge on any atom is 0.270 e. The van der Waals surface area contributed by atoms with Crippen LogP contribution in [0.1, 0.15) is 46.9 Å². The number of imide groups is 1. The number of halogens is 1. The van der Waals surface area contributed by atoms with Crippen molar-refractivity contribution in [3.8, 4) is 28.7 Å². The number of rotatable bonds is 7. The lowest BCUT2D eigenvalue weighted by Gasteiger charge is -2.33. The number of aromatic nitrogens is 2. The minimum atomic E-state index is -0.504. The van der Waals surface area contributed by atoms with Crippen molar-refractivity contribution in [2.24, 2.45) is 7.05 Å². The molecule has 2 aliphatic rings. The van der Waals surface area contributed by atoms with E-state index in [1.54, 1.807) is 42.8 Å². The van der Waals surface area contributed by atoms with Crippen LogP contribution in [-0.4, -0.2) is 53.0 Å². The number of amides is 3. The largest absolute Gasteiger partial charge is 0.490 e. The number of pyridine rings is 2. The number of hydrogen-bond acceptors (Lipinski definition) is 8. The maximum absolute atomic E-state index is 15.9. The summed E-state index contributed by atoms with van der Waals surface area (Å²) >= 11 is 0. The summed E-state index contributed by atoms with van der Waals surface area (Å²) in [5, 5.41) is 9.08. The van der Waals surface area contributed by atoms with Crippen molar-refractivity contribution in [1.82, 2.24) is 20.2 Å². The molecular weight excluding hydrogens is 675 g/mol. The van der Waals surface area contributed by atoms with E-state index in [2.05, 4.69) is 45.8 Å². The molecule has 11 nitrogen and oxygen atoms in total. The number of piperidine rings is 1. The molecule has 1 saturated heterocycles. The van der Waals surface area contributed by atoms with Crippen molar-refractivity contribution in [1.29, 1.82) is 0 Å². The minimum absolute atomic E-state index is 0.0540. The predicted octanol–water partition coefficient (Wildman–Crippen LogP) is 5.14. The molecule has 0 radical (unpaired) electrons. The van der Waals surface area contributed by atoms with E-state index < -0.39 is 17.8 Å². The number of aryl methyl sites for hydroxylation is 3. The van der Waals surface area contributed by atoms with Gasteiger partial charge in [0.05, 0.1) is 30.0 Å². The van der Waals surface area contributed by atoms with Crippen LogP contribution >= 0.6 is 0 Å². The normalized spacial score (nSPS) is 15.2. The highest BCUT2D eigenvalue weighted by atomic mass is 19.1. The topological polar surface area (TPSA) is 135 Å². The molecule has 5 aromatic rings. The zero-order valence-electron chi connectivity index (χ0n) is 29.5. The average molecular weight is 713 g/mol. The molecular formula is C41H37FN6O5. The molecule has 1 unspecified atom stereocenters. The second-order valence-corrected chi connectivity index (χ2v) is 13.0. The molecule has 7 rings (SSSR count). The molecule has 3 amide bonds. The number of nitrogens with one attached hydrogen (secondary N) is 3. The summed E-state index contributed by atoms with van der Waals surface area (Å²) in [5.41, 5.74) is 6.21. The van der Waals surface area contributed by atoms with Gasteiger partial charge in [-0.2, -0.15) is 0 Å². The molecule has 2 aliphatic heterocycles. The first-order valence-corrected chi connectivity index (χ1v) is 17.4. The van der Waals surface area contributed by atoms with Crippen LogP contribution in [0.4, 0.5) is 21.5 Å². The molecule has 4 heterocycles. The number of carbonyl (C=O) groups is 3. The van der Waals surface area contributed by atoms with Gasteiger partial charge in [0.15, 0.2) is 0 Å². The number of ether oxygens (including phenoxy) is 1. The van der Waals surface area contributed by atoms with Crippen molar-refractivity contribution in [3.63, 3.8) is 0 Å². The smallest absolute Gasteiger partial charge is 0.270 e. The predicted molar refractivity (Wildman–Crippen MR) is 201 cm³/mol. The first-order chi connectivity index (χ1) is 25.6. The van der Waals surface area contributed by atoms with Gasteiger partial charge in [0, 0.05) is 59.1 Å². The lowest BCUT2D eigenvalue weighted by atomic mass is 10.0. The summed E-state index contributed by atoms with van der Waals surface area (Å²) in [6.45, 7) is 4.80. The first-order valence-electron chi connectivity index (χ1n) is 17.4. The molecule has 0 spiro atoms. The third-order valence-corrected chi connectivity index (χ3v) is 9.49. The zero-order chi connectivity index (χ0) is 37.2. The Morgan fingerprint density at radius 1 is 1.08 bits per heavy atom. The van der Waals surface area contributed by atoms with Crippen LogP contribution < -0.4 is 31.1 Å². The monoisotopic (exact) mass is 712 g/mol. The van der Waals surface area contributed by atoms with Gasteiger partial charge in [-0.1, -0.05) is 30.9 Å². The number of anilines is 3. The quantitative estimate of drug-likeness (QED) is 0.156.